The molecule has 3 aromatic rings. The number of nitriles is 1. The summed E-state index contributed by atoms with van der Waals surface area (Å²) in [6, 6.07) is 22.8. The van der Waals surface area contributed by atoms with E-state index in [0.717, 1.165) is 16.9 Å². The number of amides is 1. The summed E-state index contributed by atoms with van der Waals surface area (Å²) in [7, 11) is 0. The van der Waals surface area contributed by atoms with Gasteiger partial charge >= 0.3 is 0 Å². The van der Waals surface area contributed by atoms with Gasteiger partial charge in [0.05, 0.1) is 12.8 Å². The standard InChI is InChI=1S/C21H17N3O2/c22-14-17(21(25)23-15-20-7-4-12-26-20)13-16-8-10-19(11-9-16)24-18-5-2-1-3-6-18/h1-13,24H,15H2,(H,23,25)/b17-13+. The second-order valence-electron chi connectivity index (χ2n) is 5.54. The molecule has 1 amide bonds. The van der Waals surface area contributed by atoms with E-state index in [1.165, 1.54) is 6.26 Å². The molecule has 0 spiro atoms. The van der Waals surface area contributed by atoms with Crippen molar-refractivity contribution in [1.82, 2.24) is 5.32 Å². The van der Waals surface area contributed by atoms with E-state index in [1.807, 2.05) is 60.7 Å². The van der Waals surface area contributed by atoms with Gasteiger partial charge in [0.15, 0.2) is 0 Å². The Morgan fingerprint density at radius 2 is 1.73 bits per heavy atom. The molecule has 0 aliphatic heterocycles. The van der Waals surface area contributed by atoms with Gasteiger partial charge in [0.2, 0.25) is 0 Å². The fourth-order valence-corrected chi connectivity index (χ4v) is 2.34. The predicted octanol–water partition coefficient (Wildman–Crippen LogP) is 4.25. The fraction of sp³-hybridized carbons (Fsp3) is 0.0476. The van der Waals surface area contributed by atoms with E-state index in [1.54, 1.807) is 18.2 Å². The van der Waals surface area contributed by atoms with Gasteiger partial charge in [-0.15, -0.1) is 0 Å². The SMILES string of the molecule is N#C/C(=C\c1ccc(Nc2ccccc2)cc1)C(=O)NCc1ccco1. The maximum Gasteiger partial charge on any atom is 0.262 e. The van der Waals surface area contributed by atoms with Crippen molar-refractivity contribution in [2.75, 3.05) is 5.32 Å². The van der Waals surface area contributed by atoms with E-state index in [4.69, 9.17) is 4.42 Å². The Balaban J connectivity index is 1.65. The third-order valence-corrected chi connectivity index (χ3v) is 3.65. The van der Waals surface area contributed by atoms with Crippen molar-refractivity contribution < 1.29 is 9.21 Å². The Kier molecular flexibility index (Phi) is 5.48. The molecular formula is C21H17N3O2. The molecule has 1 heterocycles. The number of nitrogens with one attached hydrogen (secondary N) is 2. The van der Waals surface area contributed by atoms with Crippen molar-refractivity contribution in [1.29, 1.82) is 5.26 Å². The largest absolute Gasteiger partial charge is 0.467 e. The summed E-state index contributed by atoms with van der Waals surface area (Å²) in [5, 5.41) is 15.2. The van der Waals surface area contributed by atoms with Crippen LogP contribution >= 0.6 is 0 Å². The van der Waals surface area contributed by atoms with Gasteiger partial charge in [0.25, 0.3) is 5.91 Å². The molecule has 3 rings (SSSR count). The second kappa shape index (κ2) is 8.36. The first-order valence-electron chi connectivity index (χ1n) is 8.09. The van der Waals surface area contributed by atoms with Crippen molar-refractivity contribution >= 4 is 23.4 Å². The molecule has 2 aromatic carbocycles. The predicted molar refractivity (Wildman–Crippen MR) is 100 cm³/mol. The summed E-state index contributed by atoms with van der Waals surface area (Å²) in [5.41, 5.74) is 2.73. The molecule has 0 fully saturated rings. The quantitative estimate of drug-likeness (QED) is 0.518. The smallest absolute Gasteiger partial charge is 0.262 e. The lowest BCUT2D eigenvalue weighted by atomic mass is 10.1. The number of benzene rings is 2. The second-order valence-corrected chi connectivity index (χ2v) is 5.54. The minimum absolute atomic E-state index is 0.0420. The Morgan fingerprint density at radius 3 is 2.38 bits per heavy atom. The van der Waals surface area contributed by atoms with Crippen LogP contribution in [0, 0.1) is 11.3 Å². The minimum Gasteiger partial charge on any atom is -0.467 e. The third-order valence-electron chi connectivity index (χ3n) is 3.65. The van der Waals surface area contributed by atoms with Crippen LogP contribution in [0.15, 0.2) is 83.0 Å². The van der Waals surface area contributed by atoms with E-state index < -0.39 is 5.91 Å². The van der Waals surface area contributed by atoms with Crippen molar-refractivity contribution in [3.63, 3.8) is 0 Å². The van der Waals surface area contributed by atoms with Crippen LogP contribution in [0.1, 0.15) is 11.3 Å². The highest BCUT2D eigenvalue weighted by molar-refractivity contribution is 6.01. The maximum absolute atomic E-state index is 12.1. The van der Waals surface area contributed by atoms with Gasteiger partial charge in [-0.2, -0.15) is 5.26 Å². The first kappa shape index (κ1) is 17.1. The lowest BCUT2D eigenvalue weighted by Crippen LogP contribution is -2.23. The monoisotopic (exact) mass is 343 g/mol. The number of carbonyl (C=O) groups excluding carboxylic acids is 1. The topological polar surface area (TPSA) is 78.1 Å². The molecule has 0 unspecified atom stereocenters. The van der Waals surface area contributed by atoms with Crippen LogP contribution in [0.3, 0.4) is 0 Å². The molecular weight excluding hydrogens is 326 g/mol. The molecule has 0 bridgehead atoms. The van der Waals surface area contributed by atoms with Gasteiger partial charge in [-0.25, -0.2) is 0 Å². The molecule has 26 heavy (non-hydrogen) atoms. The summed E-state index contributed by atoms with van der Waals surface area (Å²) in [4.78, 5) is 12.1. The Morgan fingerprint density at radius 1 is 1.00 bits per heavy atom. The van der Waals surface area contributed by atoms with Crippen LogP contribution < -0.4 is 10.6 Å². The number of carbonyl (C=O) groups is 1. The first-order chi connectivity index (χ1) is 12.7. The summed E-state index contributed by atoms with van der Waals surface area (Å²) in [5.74, 6) is 0.197. The number of hydrogen-bond acceptors (Lipinski definition) is 4. The Labute approximate surface area is 151 Å². The van der Waals surface area contributed by atoms with Crippen molar-refractivity contribution in [2.45, 2.75) is 6.54 Å². The zero-order chi connectivity index (χ0) is 18.2. The van der Waals surface area contributed by atoms with Crippen LogP contribution in [-0.4, -0.2) is 5.91 Å². The number of rotatable bonds is 6. The maximum atomic E-state index is 12.1. The number of hydrogen-bond donors (Lipinski definition) is 2. The molecule has 128 valence electrons. The van der Waals surface area contributed by atoms with E-state index in [-0.39, 0.29) is 12.1 Å². The number of furan rings is 1. The van der Waals surface area contributed by atoms with Gasteiger partial charge < -0.3 is 15.1 Å². The first-order valence-corrected chi connectivity index (χ1v) is 8.09. The van der Waals surface area contributed by atoms with Gasteiger partial charge in [0, 0.05) is 11.4 Å². The molecule has 5 heteroatoms. The lowest BCUT2D eigenvalue weighted by molar-refractivity contribution is -0.117. The zero-order valence-corrected chi connectivity index (χ0v) is 14.0. The van der Waals surface area contributed by atoms with Crippen LogP contribution in [0.25, 0.3) is 6.08 Å². The molecule has 0 radical (unpaired) electrons. The minimum atomic E-state index is -0.435. The van der Waals surface area contributed by atoms with Gasteiger partial charge in [-0.3, -0.25) is 4.79 Å². The van der Waals surface area contributed by atoms with Crippen LogP contribution in [0.2, 0.25) is 0 Å². The van der Waals surface area contributed by atoms with Crippen LogP contribution in [0.4, 0.5) is 11.4 Å². The highest BCUT2D eigenvalue weighted by Crippen LogP contribution is 2.17. The summed E-state index contributed by atoms with van der Waals surface area (Å²) >= 11 is 0. The number of anilines is 2. The highest BCUT2D eigenvalue weighted by atomic mass is 16.3. The molecule has 0 saturated heterocycles. The molecule has 0 atom stereocenters. The molecule has 0 saturated carbocycles. The van der Waals surface area contributed by atoms with Gasteiger partial charge in [-0.05, 0) is 48.0 Å². The molecule has 1 aromatic heterocycles. The average Bonchev–Trinajstić information content (AvgIpc) is 3.20. The fourth-order valence-electron chi connectivity index (χ4n) is 2.34. The summed E-state index contributed by atoms with van der Waals surface area (Å²) in [6.45, 7) is 0.241. The molecule has 0 aliphatic carbocycles. The van der Waals surface area contributed by atoms with Gasteiger partial charge in [0.1, 0.15) is 17.4 Å². The Bertz CT molecular complexity index is 922. The van der Waals surface area contributed by atoms with Crippen LogP contribution in [-0.2, 0) is 11.3 Å². The Hall–Kier alpha value is -3.78. The van der Waals surface area contributed by atoms with Crippen molar-refractivity contribution in [3.8, 4) is 6.07 Å². The molecule has 5 nitrogen and oxygen atoms in total. The van der Waals surface area contributed by atoms with E-state index in [9.17, 15) is 10.1 Å². The van der Waals surface area contributed by atoms with Crippen molar-refractivity contribution in [3.05, 3.63) is 89.9 Å². The molecule has 2 N–H and O–H groups in total. The summed E-state index contributed by atoms with van der Waals surface area (Å²) < 4.78 is 5.15. The number of nitrogens with zero attached hydrogens (tertiary/aromatic N) is 1. The highest BCUT2D eigenvalue weighted by Gasteiger charge is 2.09. The summed E-state index contributed by atoms with van der Waals surface area (Å²) in [6.07, 6.45) is 3.09. The third kappa shape index (κ3) is 4.62. The van der Waals surface area contributed by atoms with E-state index in [0.29, 0.717) is 5.76 Å². The van der Waals surface area contributed by atoms with Gasteiger partial charge in [-0.1, -0.05) is 30.3 Å². The van der Waals surface area contributed by atoms with Crippen molar-refractivity contribution in [2.24, 2.45) is 0 Å². The lowest BCUT2D eigenvalue weighted by Gasteiger charge is -2.06. The normalized spacial score (nSPS) is 10.8. The van der Waals surface area contributed by atoms with Crippen LogP contribution in [0.5, 0.6) is 0 Å². The average molecular weight is 343 g/mol. The number of para-hydroxylation sites is 1. The van der Waals surface area contributed by atoms with E-state index >= 15 is 0 Å². The molecule has 0 aliphatic rings. The zero-order valence-electron chi connectivity index (χ0n) is 14.0. The van der Waals surface area contributed by atoms with E-state index in [2.05, 4.69) is 10.6 Å².